The van der Waals surface area contributed by atoms with Crippen LogP contribution in [0.1, 0.15) is 12.8 Å². The number of nitrogens with zero attached hydrogens (tertiary/aromatic N) is 3. The van der Waals surface area contributed by atoms with Crippen molar-refractivity contribution in [2.45, 2.75) is 18.5 Å². The number of hydrogen-bond acceptors (Lipinski definition) is 3. The molecule has 2 amide bonds. The second kappa shape index (κ2) is 8.49. The number of carbonyl (C=O) groups excluding carboxylic acids is 2. The molecular formula is C25H23FN3O3P. The molecule has 0 spiro atoms. The minimum absolute atomic E-state index is 0.167. The monoisotopic (exact) mass is 463 g/mol. The van der Waals surface area contributed by atoms with Crippen molar-refractivity contribution in [3.8, 4) is 0 Å². The van der Waals surface area contributed by atoms with Crippen LogP contribution < -0.4 is 14.2 Å². The number of carbonyl (C=O) groups is 2. The zero-order chi connectivity index (χ0) is 23.0. The van der Waals surface area contributed by atoms with Crippen molar-refractivity contribution >= 4 is 36.3 Å². The summed E-state index contributed by atoms with van der Waals surface area (Å²) in [6.45, 7) is 1.03. The number of imide groups is 1. The van der Waals surface area contributed by atoms with Gasteiger partial charge in [-0.3, -0.25) is 14.2 Å². The van der Waals surface area contributed by atoms with Gasteiger partial charge < -0.3 is 9.34 Å². The summed E-state index contributed by atoms with van der Waals surface area (Å²) >= 11 is 0. The lowest BCUT2D eigenvalue weighted by molar-refractivity contribution is -0.121. The number of benzene rings is 3. The molecule has 3 aromatic carbocycles. The molecule has 6 nitrogen and oxygen atoms in total. The fourth-order valence-corrected chi connectivity index (χ4v) is 8.17. The Bertz CT molecular complexity index is 1170. The zero-order valence-corrected chi connectivity index (χ0v) is 18.8. The highest BCUT2D eigenvalue weighted by Crippen LogP contribution is 2.64. The van der Waals surface area contributed by atoms with Crippen LogP contribution in [-0.4, -0.2) is 30.6 Å². The Hall–Kier alpha value is -3.44. The van der Waals surface area contributed by atoms with E-state index in [9.17, 15) is 14.0 Å². The van der Waals surface area contributed by atoms with E-state index in [0.717, 1.165) is 22.7 Å². The highest BCUT2D eigenvalue weighted by atomic mass is 31.2. The summed E-state index contributed by atoms with van der Waals surface area (Å²) in [6, 6.07) is 23.9. The van der Waals surface area contributed by atoms with E-state index in [1.165, 1.54) is 24.3 Å². The van der Waals surface area contributed by atoms with E-state index in [1.54, 1.807) is 0 Å². The topological polar surface area (TPSA) is 60.9 Å². The first kappa shape index (κ1) is 21.4. The third kappa shape index (κ3) is 3.62. The van der Waals surface area contributed by atoms with Crippen molar-refractivity contribution in [2.75, 3.05) is 27.3 Å². The van der Waals surface area contributed by atoms with Crippen LogP contribution in [-0.2, 0) is 14.2 Å². The number of rotatable bonds is 4. The molecule has 33 heavy (non-hydrogen) atoms. The molecule has 2 aliphatic heterocycles. The SMILES string of the molecule is O=C1CC(P2(=O)N(c3ccccc3)CCCN2c2ccccc2)C(=O)N1c1ccc(F)cc1. The molecule has 2 heterocycles. The highest BCUT2D eigenvalue weighted by Gasteiger charge is 2.56. The van der Waals surface area contributed by atoms with Gasteiger partial charge in [-0.15, -0.1) is 0 Å². The van der Waals surface area contributed by atoms with Gasteiger partial charge in [0.25, 0.3) is 7.44 Å². The molecule has 2 aliphatic rings. The maximum absolute atomic E-state index is 15.1. The van der Waals surface area contributed by atoms with Crippen LogP contribution in [0.15, 0.2) is 84.9 Å². The first-order valence-corrected chi connectivity index (χ1v) is 12.6. The van der Waals surface area contributed by atoms with Gasteiger partial charge in [0, 0.05) is 30.9 Å². The lowest BCUT2D eigenvalue weighted by Gasteiger charge is -2.47. The Kier molecular flexibility index (Phi) is 5.51. The maximum atomic E-state index is 15.1. The van der Waals surface area contributed by atoms with Gasteiger partial charge in [0.05, 0.1) is 5.69 Å². The molecule has 0 N–H and O–H groups in total. The predicted octanol–water partition coefficient (Wildman–Crippen LogP) is 5.07. The van der Waals surface area contributed by atoms with Crippen LogP contribution in [0.3, 0.4) is 0 Å². The second-order valence-corrected chi connectivity index (χ2v) is 10.9. The molecule has 0 radical (unpaired) electrons. The van der Waals surface area contributed by atoms with Gasteiger partial charge in [-0.05, 0) is 55.0 Å². The summed E-state index contributed by atoms with van der Waals surface area (Å²) in [6.07, 6.45) is 0.588. The van der Waals surface area contributed by atoms with Crippen LogP contribution in [0, 0.1) is 5.82 Å². The smallest absolute Gasteiger partial charge is 0.275 e. The van der Waals surface area contributed by atoms with Crippen LogP contribution >= 0.6 is 7.44 Å². The molecule has 1 unspecified atom stereocenters. The Labute approximate surface area is 191 Å². The molecule has 1 atom stereocenters. The number of anilines is 3. The van der Waals surface area contributed by atoms with E-state index < -0.39 is 30.7 Å². The first-order valence-electron chi connectivity index (χ1n) is 10.9. The molecule has 0 saturated carbocycles. The van der Waals surface area contributed by atoms with Crippen LogP contribution in [0.4, 0.5) is 21.5 Å². The van der Waals surface area contributed by atoms with E-state index in [2.05, 4.69) is 0 Å². The lowest BCUT2D eigenvalue weighted by atomic mass is 10.3. The van der Waals surface area contributed by atoms with Gasteiger partial charge in [0.2, 0.25) is 11.8 Å². The number of para-hydroxylation sites is 2. The molecule has 3 aromatic rings. The molecule has 5 rings (SSSR count). The van der Waals surface area contributed by atoms with Gasteiger partial charge in [-0.25, -0.2) is 9.29 Å². The van der Waals surface area contributed by atoms with Crippen LogP contribution in [0.5, 0.6) is 0 Å². The summed E-state index contributed by atoms with van der Waals surface area (Å²) < 4.78 is 32.1. The Morgan fingerprint density at radius 2 is 1.24 bits per heavy atom. The molecule has 0 aliphatic carbocycles. The molecule has 0 aromatic heterocycles. The average Bonchev–Trinajstić information content (AvgIpc) is 3.15. The highest BCUT2D eigenvalue weighted by molar-refractivity contribution is 7.69. The van der Waals surface area contributed by atoms with E-state index in [-0.39, 0.29) is 12.1 Å². The number of halogens is 1. The van der Waals surface area contributed by atoms with Gasteiger partial charge in [-0.1, -0.05) is 36.4 Å². The Morgan fingerprint density at radius 3 is 1.76 bits per heavy atom. The molecule has 2 fully saturated rings. The van der Waals surface area contributed by atoms with E-state index in [1.807, 2.05) is 70.0 Å². The molecule has 168 valence electrons. The molecule has 0 bridgehead atoms. The van der Waals surface area contributed by atoms with Crippen molar-refractivity contribution in [2.24, 2.45) is 0 Å². The van der Waals surface area contributed by atoms with Gasteiger partial charge in [-0.2, -0.15) is 0 Å². The molecule has 2 saturated heterocycles. The summed E-state index contributed by atoms with van der Waals surface area (Å²) in [4.78, 5) is 27.7. The number of amides is 2. The van der Waals surface area contributed by atoms with Gasteiger partial charge in [0.15, 0.2) is 0 Å². The molecule has 8 heteroatoms. The summed E-state index contributed by atoms with van der Waals surface area (Å²) in [7, 11) is -3.61. The summed E-state index contributed by atoms with van der Waals surface area (Å²) in [5, 5.41) is 0. The first-order chi connectivity index (χ1) is 16.0. The van der Waals surface area contributed by atoms with E-state index in [0.29, 0.717) is 13.1 Å². The Morgan fingerprint density at radius 1 is 0.727 bits per heavy atom. The van der Waals surface area contributed by atoms with Crippen LogP contribution in [0.2, 0.25) is 0 Å². The van der Waals surface area contributed by atoms with Gasteiger partial charge in [0.1, 0.15) is 11.5 Å². The zero-order valence-electron chi connectivity index (χ0n) is 17.9. The van der Waals surface area contributed by atoms with Crippen molar-refractivity contribution in [3.05, 3.63) is 90.7 Å². The quantitative estimate of drug-likeness (QED) is 0.400. The minimum Gasteiger partial charge on any atom is -0.306 e. The largest absolute Gasteiger partial charge is 0.306 e. The average molecular weight is 463 g/mol. The Balaban J connectivity index is 1.61. The van der Waals surface area contributed by atoms with Crippen molar-refractivity contribution < 1.29 is 18.5 Å². The van der Waals surface area contributed by atoms with Crippen molar-refractivity contribution in [3.63, 3.8) is 0 Å². The lowest BCUT2D eigenvalue weighted by Crippen LogP contribution is -2.46. The maximum Gasteiger partial charge on any atom is 0.275 e. The minimum atomic E-state index is -3.61. The molecular weight excluding hydrogens is 440 g/mol. The predicted molar refractivity (Wildman–Crippen MR) is 127 cm³/mol. The van der Waals surface area contributed by atoms with Crippen LogP contribution in [0.25, 0.3) is 0 Å². The third-order valence-electron chi connectivity index (χ3n) is 6.15. The normalized spacial score (nSPS) is 20.4. The summed E-state index contributed by atoms with van der Waals surface area (Å²) in [5.74, 6) is -1.41. The van der Waals surface area contributed by atoms with Crippen molar-refractivity contribution in [1.82, 2.24) is 0 Å². The summed E-state index contributed by atoms with van der Waals surface area (Å²) in [5.41, 5.74) is 0.759. The number of hydrogen-bond donors (Lipinski definition) is 0. The van der Waals surface area contributed by atoms with E-state index >= 15 is 4.57 Å². The fourth-order valence-electron chi connectivity index (χ4n) is 4.65. The van der Waals surface area contributed by atoms with E-state index in [4.69, 9.17) is 0 Å². The fraction of sp³-hybridized carbons (Fsp3) is 0.200. The standard InChI is InChI=1S/C25H23FN3O3P/c26-19-12-14-22(15-13-19)29-24(30)18-23(25(29)31)33(32)27(20-8-3-1-4-9-20)16-7-17-28(33)21-10-5-2-6-11-21/h1-6,8-15,23H,7,16-18H2. The van der Waals surface area contributed by atoms with Crippen molar-refractivity contribution in [1.29, 1.82) is 0 Å². The van der Waals surface area contributed by atoms with Gasteiger partial charge >= 0.3 is 0 Å². The second-order valence-electron chi connectivity index (χ2n) is 8.12. The third-order valence-corrected chi connectivity index (χ3v) is 9.61.